The lowest BCUT2D eigenvalue weighted by atomic mass is 9.75. The molecule has 0 atom stereocenters. The summed E-state index contributed by atoms with van der Waals surface area (Å²) in [6.07, 6.45) is 4.33. The number of para-hydroxylation sites is 1. The standard InChI is InChI=1S/C66H76N4O/c1-61(2,3)46-31-32-67-59(38-46)70-56-30-24-23-29-54(56)60-55(66(15,16)45-27-21-18-22-28-45)40-53(41-57(60)70)71-52-37-48(63(7,8)9)34-50(39-52)68-42-58(64(10,11)12)69(43-68)51-35-47(62(4,5)6)33-49(36-51)65(13,14)44-25-19-17-20-26-44/h17-42H,43H2,1-16H3. The van der Waals surface area contributed by atoms with Crippen LogP contribution in [0, 0.1) is 5.41 Å². The second kappa shape index (κ2) is 17.6. The quantitative estimate of drug-likeness (QED) is 0.144. The van der Waals surface area contributed by atoms with Crippen LogP contribution in [0.15, 0.2) is 164 Å². The molecule has 1 aliphatic heterocycles. The normalized spacial score (nSPS) is 14.2. The Balaban J connectivity index is 1.20. The van der Waals surface area contributed by atoms with Crippen molar-refractivity contribution in [2.75, 3.05) is 16.5 Å². The first kappa shape index (κ1) is 49.4. The van der Waals surface area contributed by atoms with Crippen LogP contribution in [0.2, 0.25) is 0 Å². The largest absolute Gasteiger partial charge is 0.457 e. The third-order valence-corrected chi connectivity index (χ3v) is 15.0. The van der Waals surface area contributed by atoms with Gasteiger partial charge in [-0.25, -0.2) is 4.98 Å². The molecule has 0 N–H and O–H groups in total. The van der Waals surface area contributed by atoms with Gasteiger partial charge in [0, 0.05) is 68.6 Å². The average Bonchev–Trinajstić information content (AvgIpc) is 3.92. The molecule has 0 unspecified atom stereocenters. The number of allylic oxidation sites excluding steroid dienone is 1. The molecule has 0 fully saturated rings. The van der Waals surface area contributed by atoms with Gasteiger partial charge in [0.2, 0.25) is 0 Å². The minimum atomic E-state index is -0.374. The van der Waals surface area contributed by atoms with Crippen LogP contribution in [0.5, 0.6) is 11.5 Å². The number of hydrogen-bond acceptors (Lipinski definition) is 4. The molecule has 5 heteroatoms. The smallest absolute Gasteiger partial charge is 0.137 e. The minimum absolute atomic E-state index is 0.0453. The third kappa shape index (κ3) is 9.53. The predicted octanol–water partition coefficient (Wildman–Crippen LogP) is 17.7. The molecule has 3 heterocycles. The Morgan fingerprint density at radius 3 is 1.61 bits per heavy atom. The fourth-order valence-electron chi connectivity index (χ4n) is 10.3. The maximum atomic E-state index is 7.32. The first-order chi connectivity index (χ1) is 33.2. The number of ether oxygens (including phenoxy) is 1. The second-order valence-electron chi connectivity index (χ2n) is 25.2. The summed E-state index contributed by atoms with van der Waals surface area (Å²) in [6, 6.07) is 53.6. The molecular formula is C66H76N4O. The van der Waals surface area contributed by atoms with Crippen molar-refractivity contribution in [3.8, 4) is 17.3 Å². The maximum absolute atomic E-state index is 7.32. The van der Waals surface area contributed by atoms with Gasteiger partial charge < -0.3 is 14.5 Å². The average molecular weight is 941 g/mol. The van der Waals surface area contributed by atoms with Gasteiger partial charge in [0.25, 0.3) is 0 Å². The van der Waals surface area contributed by atoms with Crippen molar-refractivity contribution in [3.05, 3.63) is 203 Å². The first-order valence-electron chi connectivity index (χ1n) is 25.6. The van der Waals surface area contributed by atoms with E-state index in [1.807, 2.05) is 6.20 Å². The molecule has 6 aromatic carbocycles. The summed E-state index contributed by atoms with van der Waals surface area (Å²) in [5, 5.41) is 2.40. The topological polar surface area (TPSA) is 33.5 Å². The van der Waals surface area contributed by atoms with Gasteiger partial charge >= 0.3 is 0 Å². The van der Waals surface area contributed by atoms with Crippen molar-refractivity contribution in [3.63, 3.8) is 0 Å². The second-order valence-corrected chi connectivity index (χ2v) is 25.2. The van der Waals surface area contributed by atoms with E-state index >= 15 is 0 Å². The number of fused-ring (bicyclic) bond motifs is 3. The summed E-state index contributed by atoms with van der Waals surface area (Å²) in [5.41, 5.74) is 13.6. The molecule has 5 nitrogen and oxygen atoms in total. The third-order valence-electron chi connectivity index (χ3n) is 15.0. The van der Waals surface area contributed by atoms with Crippen LogP contribution in [-0.2, 0) is 27.1 Å². The zero-order chi connectivity index (χ0) is 51.1. The Morgan fingerprint density at radius 2 is 0.986 bits per heavy atom. The molecule has 366 valence electrons. The summed E-state index contributed by atoms with van der Waals surface area (Å²) in [6.45, 7) is 37.7. The van der Waals surface area contributed by atoms with Crippen molar-refractivity contribution < 1.29 is 4.74 Å². The van der Waals surface area contributed by atoms with Crippen molar-refractivity contribution in [2.45, 2.75) is 138 Å². The van der Waals surface area contributed by atoms with Crippen molar-refractivity contribution in [1.82, 2.24) is 9.55 Å². The molecule has 0 amide bonds. The van der Waals surface area contributed by atoms with E-state index in [1.165, 1.54) is 61.1 Å². The number of hydrogen-bond donors (Lipinski definition) is 0. The molecule has 8 aromatic rings. The van der Waals surface area contributed by atoms with Gasteiger partial charge in [-0.2, -0.15) is 0 Å². The van der Waals surface area contributed by atoms with E-state index in [9.17, 15) is 0 Å². The molecule has 0 bridgehead atoms. The Hall–Kier alpha value is -6.59. The summed E-state index contributed by atoms with van der Waals surface area (Å²) in [7, 11) is 0. The molecule has 71 heavy (non-hydrogen) atoms. The fraction of sp³-hybridized carbons (Fsp3) is 0.348. The van der Waals surface area contributed by atoms with E-state index in [0.29, 0.717) is 6.67 Å². The van der Waals surface area contributed by atoms with Crippen molar-refractivity contribution in [1.29, 1.82) is 0 Å². The predicted molar refractivity (Wildman–Crippen MR) is 302 cm³/mol. The number of benzene rings is 6. The number of pyridine rings is 1. The van der Waals surface area contributed by atoms with Crippen LogP contribution < -0.4 is 14.5 Å². The van der Waals surface area contributed by atoms with Gasteiger partial charge in [0.05, 0.1) is 17.7 Å². The molecule has 0 aliphatic carbocycles. The number of aromatic nitrogens is 2. The number of rotatable bonds is 9. The number of anilines is 2. The SMILES string of the molecule is CC(C)(C)C1=CN(c2cc(Oc3cc(C(C)(C)c4ccccc4)c4c5ccccc5n(-c5cc(C(C)(C)C)ccn5)c4c3)cc(C(C)(C)C)c2)CN1c1cc(C(C)(C)C)cc(C(C)(C)c2ccccc2)c1. The minimum Gasteiger partial charge on any atom is -0.457 e. The summed E-state index contributed by atoms with van der Waals surface area (Å²) in [4.78, 5) is 10.0. The highest BCUT2D eigenvalue weighted by molar-refractivity contribution is 6.11. The molecule has 2 aromatic heterocycles. The van der Waals surface area contributed by atoms with Gasteiger partial charge in [-0.15, -0.1) is 0 Å². The number of nitrogens with zero attached hydrogens (tertiary/aromatic N) is 4. The molecule has 0 radical (unpaired) electrons. The first-order valence-corrected chi connectivity index (χ1v) is 25.6. The molecule has 0 saturated carbocycles. The van der Waals surface area contributed by atoms with Crippen molar-refractivity contribution >= 4 is 33.2 Å². The monoisotopic (exact) mass is 941 g/mol. The highest BCUT2D eigenvalue weighted by Crippen LogP contribution is 2.47. The van der Waals surface area contributed by atoms with Gasteiger partial charge in [-0.1, -0.05) is 196 Å². The summed E-state index contributed by atoms with van der Waals surface area (Å²) < 4.78 is 9.66. The maximum Gasteiger partial charge on any atom is 0.137 e. The lowest BCUT2D eigenvalue weighted by molar-refractivity contribution is 0.477. The van der Waals surface area contributed by atoms with E-state index in [4.69, 9.17) is 9.72 Å². The highest BCUT2D eigenvalue weighted by Gasteiger charge is 2.35. The van der Waals surface area contributed by atoms with Crippen LogP contribution in [0.3, 0.4) is 0 Å². The zero-order valence-electron chi connectivity index (χ0n) is 45.4. The van der Waals surface area contributed by atoms with Gasteiger partial charge in [0.15, 0.2) is 0 Å². The van der Waals surface area contributed by atoms with Crippen LogP contribution in [0.4, 0.5) is 11.4 Å². The lowest BCUT2D eigenvalue weighted by Gasteiger charge is -2.35. The lowest BCUT2D eigenvalue weighted by Crippen LogP contribution is -2.31. The summed E-state index contributed by atoms with van der Waals surface area (Å²) in [5.74, 6) is 2.48. The van der Waals surface area contributed by atoms with E-state index in [2.05, 4.69) is 277 Å². The Morgan fingerprint density at radius 1 is 0.437 bits per heavy atom. The van der Waals surface area contributed by atoms with Crippen LogP contribution in [0.1, 0.15) is 150 Å². The van der Waals surface area contributed by atoms with E-state index in [-0.39, 0.29) is 32.5 Å². The molecular weight excluding hydrogens is 865 g/mol. The van der Waals surface area contributed by atoms with E-state index < -0.39 is 0 Å². The fourth-order valence-corrected chi connectivity index (χ4v) is 10.3. The van der Waals surface area contributed by atoms with Crippen molar-refractivity contribution in [2.24, 2.45) is 5.41 Å². The summed E-state index contributed by atoms with van der Waals surface area (Å²) >= 11 is 0. The van der Waals surface area contributed by atoms with Crippen LogP contribution in [0.25, 0.3) is 27.6 Å². The Bertz CT molecular complexity index is 3290. The molecule has 1 aliphatic rings. The van der Waals surface area contributed by atoms with Crippen LogP contribution in [-0.4, -0.2) is 16.2 Å². The zero-order valence-corrected chi connectivity index (χ0v) is 45.4. The van der Waals surface area contributed by atoms with Crippen LogP contribution >= 0.6 is 0 Å². The van der Waals surface area contributed by atoms with Gasteiger partial charge in [-0.3, -0.25) is 4.57 Å². The van der Waals surface area contributed by atoms with Gasteiger partial charge in [0.1, 0.15) is 17.3 Å². The molecule has 0 spiro atoms. The van der Waals surface area contributed by atoms with E-state index in [1.54, 1.807) is 0 Å². The van der Waals surface area contributed by atoms with Gasteiger partial charge in [-0.05, 0) is 104 Å². The Kier molecular flexibility index (Phi) is 12.3. The molecule has 9 rings (SSSR count). The Labute approximate surface area is 425 Å². The molecule has 0 saturated heterocycles. The van der Waals surface area contributed by atoms with E-state index in [0.717, 1.165) is 34.0 Å². The highest BCUT2D eigenvalue weighted by atomic mass is 16.5.